The molecule has 0 bridgehead atoms. The van der Waals surface area contributed by atoms with Crippen molar-refractivity contribution in [1.82, 2.24) is 5.32 Å². The lowest BCUT2D eigenvalue weighted by molar-refractivity contribution is 0.236. The lowest BCUT2D eigenvalue weighted by atomic mass is 10.1. The number of nitrogens with zero attached hydrogens (tertiary/aromatic N) is 1. The van der Waals surface area contributed by atoms with Gasteiger partial charge in [-0.3, -0.25) is 4.99 Å². The largest absolute Gasteiger partial charge is 0.504 e. The third-order valence-corrected chi connectivity index (χ3v) is 2.38. The summed E-state index contributed by atoms with van der Waals surface area (Å²) in [6.45, 7) is 1.12. The number of amidine groups is 1. The van der Waals surface area contributed by atoms with Crippen LogP contribution < -0.4 is 5.32 Å². The van der Waals surface area contributed by atoms with Gasteiger partial charge in [0.1, 0.15) is 11.9 Å². The molecule has 1 aliphatic heterocycles. The zero-order valence-corrected chi connectivity index (χ0v) is 8.31. The van der Waals surface area contributed by atoms with Gasteiger partial charge in [-0.1, -0.05) is 0 Å². The molecule has 1 aliphatic rings. The molecule has 1 atom stereocenters. The minimum absolute atomic E-state index is 0.122. The van der Waals surface area contributed by atoms with Crippen LogP contribution in [0.4, 0.5) is 4.39 Å². The van der Waals surface area contributed by atoms with Gasteiger partial charge in [0.15, 0.2) is 17.3 Å². The van der Waals surface area contributed by atoms with E-state index in [1.54, 1.807) is 0 Å². The molecule has 16 heavy (non-hydrogen) atoms. The molecule has 1 unspecified atom stereocenters. The van der Waals surface area contributed by atoms with E-state index in [0.717, 1.165) is 6.07 Å². The standard InChI is InChI=1S/C10H11FN2O3/c11-7-5(1-2-6(14)9(7)16)8(15)10-12-3-4-13-10/h1-2,8,14-16H,3-4H2,(H,12,13). The summed E-state index contributed by atoms with van der Waals surface area (Å²) < 4.78 is 13.5. The van der Waals surface area contributed by atoms with Crippen LogP contribution in [-0.2, 0) is 0 Å². The molecule has 1 aromatic carbocycles. The minimum Gasteiger partial charge on any atom is -0.504 e. The Morgan fingerprint density at radius 1 is 1.38 bits per heavy atom. The lowest BCUT2D eigenvalue weighted by Crippen LogP contribution is -2.26. The predicted octanol–water partition coefficient (Wildman–Crippen LogP) is 0.272. The first-order valence-electron chi connectivity index (χ1n) is 4.78. The van der Waals surface area contributed by atoms with E-state index >= 15 is 0 Å². The highest BCUT2D eigenvalue weighted by Gasteiger charge is 2.23. The summed E-state index contributed by atoms with van der Waals surface area (Å²) in [5.74, 6) is -2.20. The maximum absolute atomic E-state index is 13.5. The topological polar surface area (TPSA) is 85.1 Å². The number of phenolic OH excluding ortho intramolecular Hbond substituents is 2. The second-order valence-electron chi connectivity index (χ2n) is 3.43. The number of halogens is 1. The van der Waals surface area contributed by atoms with Crippen LogP contribution in [0.25, 0.3) is 0 Å². The summed E-state index contributed by atoms with van der Waals surface area (Å²) >= 11 is 0. The number of phenols is 2. The normalized spacial score (nSPS) is 16.8. The maximum atomic E-state index is 13.5. The summed E-state index contributed by atoms with van der Waals surface area (Å²) in [5, 5.41) is 30.8. The van der Waals surface area contributed by atoms with Crippen molar-refractivity contribution < 1.29 is 19.7 Å². The summed E-state index contributed by atoms with van der Waals surface area (Å²) in [7, 11) is 0. The maximum Gasteiger partial charge on any atom is 0.194 e. The van der Waals surface area contributed by atoms with Crippen molar-refractivity contribution in [2.45, 2.75) is 6.10 Å². The van der Waals surface area contributed by atoms with Crippen LogP contribution in [0.15, 0.2) is 17.1 Å². The number of aliphatic hydroxyl groups is 1. The zero-order chi connectivity index (χ0) is 11.7. The second-order valence-corrected chi connectivity index (χ2v) is 3.43. The van der Waals surface area contributed by atoms with Gasteiger partial charge in [0, 0.05) is 12.1 Å². The van der Waals surface area contributed by atoms with Crippen molar-refractivity contribution in [2.24, 2.45) is 4.99 Å². The third-order valence-electron chi connectivity index (χ3n) is 2.38. The van der Waals surface area contributed by atoms with Crippen molar-refractivity contribution >= 4 is 5.84 Å². The molecule has 4 N–H and O–H groups in total. The first-order valence-corrected chi connectivity index (χ1v) is 4.78. The van der Waals surface area contributed by atoms with E-state index in [1.165, 1.54) is 6.07 Å². The SMILES string of the molecule is Oc1ccc(C(O)C2=NCCN2)c(F)c1O. The molecule has 0 saturated carbocycles. The zero-order valence-electron chi connectivity index (χ0n) is 8.31. The molecular weight excluding hydrogens is 215 g/mol. The monoisotopic (exact) mass is 226 g/mol. The van der Waals surface area contributed by atoms with Crippen LogP contribution in [-0.4, -0.2) is 34.2 Å². The highest BCUT2D eigenvalue weighted by Crippen LogP contribution is 2.32. The summed E-state index contributed by atoms with van der Waals surface area (Å²) in [4.78, 5) is 3.95. The van der Waals surface area contributed by atoms with Crippen LogP contribution in [0, 0.1) is 5.82 Å². The van der Waals surface area contributed by atoms with Crippen LogP contribution in [0.1, 0.15) is 11.7 Å². The highest BCUT2D eigenvalue weighted by molar-refractivity contribution is 5.88. The molecule has 0 aromatic heterocycles. The Labute approximate surface area is 90.9 Å². The Morgan fingerprint density at radius 3 is 2.75 bits per heavy atom. The molecule has 0 amide bonds. The average molecular weight is 226 g/mol. The van der Waals surface area contributed by atoms with Gasteiger partial charge in [-0.25, -0.2) is 4.39 Å². The summed E-state index contributed by atoms with van der Waals surface area (Å²) in [5.41, 5.74) is -0.122. The van der Waals surface area contributed by atoms with E-state index in [0.29, 0.717) is 13.1 Å². The van der Waals surface area contributed by atoms with Gasteiger partial charge in [-0.2, -0.15) is 0 Å². The summed E-state index contributed by atoms with van der Waals surface area (Å²) in [6, 6.07) is 2.32. The smallest absolute Gasteiger partial charge is 0.194 e. The number of rotatable bonds is 2. The second kappa shape index (κ2) is 3.97. The van der Waals surface area contributed by atoms with Gasteiger partial charge in [0.25, 0.3) is 0 Å². The Kier molecular flexibility index (Phi) is 2.66. The molecule has 0 aliphatic carbocycles. The van der Waals surface area contributed by atoms with Gasteiger partial charge < -0.3 is 20.6 Å². The molecule has 6 heteroatoms. The molecule has 0 spiro atoms. The number of aliphatic imine (C=N–C) groups is 1. The number of benzene rings is 1. The molecule has 5 nitrogen and oxygen atoms in total. The first kappa shape index (κ1) is 10.7. The Morgan fingerprint density at radius 2 is 2.12 bits per heavy atom. The summed E-state index contributed by atoms with van der Waals surface area (Å²) in [6.07, 6.45) is -1.26. The van der Waals surface area contributed by atoms with Gasteiger partial charge in [-0.15, -0.1) is 0 Å². The Hall–Kier alpha value is -1.82. The van der Waals surface area contributed by atoms with Crippen molar-refractivity contribution in [3.8, 4) is 11.5 Å². The highest BCUT2D eigenvalue weighted by atomic mass is 19.1. The lowest BCUT2D eigenvalue weighted by Gasteiger charge is -2.13. The van der Waals surface area contributed by atoms with Crippen molar-refractivity contribution in [3.63, 3.8) is 0 Å². The predicted molar refractivity (Wildman–Crippen MR) is 55.0 cm³/mol. The molecule has 0 saturated heterocycles. The molecule has 2 rings (SSSR count). The molecular formula is C10H11FN2O3. The molecule has 0 radical (unpaired) electrons. The van der Waals surface area contributed by atoms with E-state index in [1.807, 2.05) is 0 Å². The van der Waals surface area contributed by atoms with Gasteiger partial charge in [0.2, 0.25) is 0 Å². The van der Waals surface area contributed by atoms with E-state index < -0.39 is 23.4 Å². The van der Waals surface area contributed by atoms with Crippen molar-refractivity contribution in [1.29, 1.82) is 0 Å². The van der Waals surface area contributed by atoms with Gasteiger partial charge in [0.05, 0.1) is 6.54 Å². The van der Waals surface area contributed by atoms with Crippen LogP contribution >= 0.6 is 0 Å². The molecule has 1 aromatic rings. The van der Waals surface area contributed by atoms with Crippen LogP contribution in [0.5, 0.6) is 11.5 Å². The fourth-order valence-electron chi connectivity index (χ4n) is 1.53. The number of aliphatic hydroxyl groups excluding tert-OH is 1. The van der Waals surface area contributed by atoms with Crippen LogP contribution in [0.3, 0.4) is 0 Å². The third kappa shape index (κ3) is 1.67. The van der Waals surface area contributed by atoms with E-state index in [9.17, 15) is 14.6 Å². The average Bonchev–Trinajstić information content (AvgIpc) is 2.79. The van der Waals surface area contributed by atoms with E-state index in [2.05, 4.69) is 10.3 Å². The van der Waals surface area contributed by atoms with Crippen molar-refractivity contribution in [3.05, 3.63) is 23.5 Å². The number of hydrogen-bond acceptors (Lipinski definition) is 5. The van der Waals surface area contributed by atoms with E-state index in [-0.39, 0.29) is 11.4 Å². The Balaban J connectivity index is 2.37. The van der Waals surface area contributed by atoms with Gasteiger partial charge >= 0.3 is 0 Å². The fourth-order valence-corrected chi connectivity index (χ4v) is 1.53. The van der Waals surface area contributed by atoms with Crippen LogP contribution in [0.2, 0.25) is 0 Å². The fraction of sp³-hybridized carbons (Fsp3) is 0.300. The van der Waals surface area contributed by atoms with Gasteiger partial charge in [-0.05, 0) is 12.1 Å². The number of aromatic hydroxyl groups is 2. The Bertz CT molecular complexity index is 448. The minimum atomic E-state index is -1.26. The first-order chi connectivity index (χ1) is 7.61. The van der Waals surface area contributed by atoms with E-state index in [4.69, 9.17) is 5.11 Å². The molecule has 0 fully saturated rings. The molecule has 1 heterocycles. The van der Waals surface area contributed by atoms with Crippen molar-refractivity contribution in [2.75, 3.05) is 13.1 Å². The quantitative estimate of drug-likeness (QED) is 0.545. The molecule has 86 valence electrons. The number of hydrogen-bond donors (Lipinski definition) is 4. The number of nitrogens with one attached hydrogen (secondary N) is 1.